The number of fused-ring (bicyclic) bond motifs is 1. The Morgan fingerprint density at radius 3 is 3.00 bits per heavy atom. The van der Waals surface area contributed by atoms with Crippen molar-refractivity contribution in [1.82, 2.24) is 15.1 Å². The van der Waals surface area contributed by atoms with Gasteiger partial charge in [0.05, 0.1) is 6.20 Å². The second-order valence-corrected chi connectivity index (χ2v) is 5.69. The Kier molecular flexibility index (Phi) is 4.25. The van der Waals surface area contributed by atoms with Gasteiger partial charge in [-0.1, -0.05) is 25.1 Å². The second kappa shape index (κ2) is 6.31. The van der Waals surface area contributed by atoms with E-state index < -0.39 is 0 Å². The van der Waals surface area contributed by atoms with E-state index in [1.54, 1.807) is 0 Å². The molecule has 3 rings (SSSR count). The Bertz CT molecular complexity index is 568. The van der Waals surface area contributed by atoms with Gasteiger partial charge in [-0.25, -0.2) is 0 Å². The number of benzene rings is 1. The molecule has 1 aliphatic rings. The van der Waals surface area contributed by atoms with Gasteiger partial charge in [0.2, 0.25) is 0 Å². The zero-order valence-electron chi connectivity index (χ0n) is 12.7. The molecule has 0 amide bonds. The first-order valence-electron chi connectivity index (χ1n) is 7.71. The highest BCUT2D eigenvalue weighted by Crippen LogP contribution is 2.30. The molecule has 0 bridgehead atoms. The number of aryl methyl sites for hydroxylation is 2. The Labute approximate surface area is 126 Å². The number of ether oxygens (including phenoxy) is 1. The third-order valence-corrected chi connectivity index (χ3v) is 4.09. The number of nitrogens with one attached hydrogen (secondary N) is 1. The maximum absolute atomic E-state index is 6.13. The van der Waals surface area contributed by atoms with Gasteiger partial charge in [0, 0.05) is 25.7 Å². The Balaban J connectivity index is 1.63. The molecule has 4 heteroatoms. The number of para-hydroxylation sites is 1. The zero-order valence-corrected chi connectivity index (χ0v) is 12.7. The summed E-state index contributed by atoms with van der Waals surface area (Å²) in [5.74, 6) is 1.05. The van der Waals surface area contributed by atoms with E-state index in [0.717, 1.165) is 31.6 Å². The highest BCUT2D eigenvalue weighted by atomic mass is 16.5. The van der Waals surface area contributed by atoms with Gasteiger partial charge in [-0.3, -0.25) is 4.68 Å². The fourth-order valence-corrected chi connectivity index (χ4v) is 3.04. The Morgan fingerprint density at radius 2 is 2.29 bits per heavy atom. The SMILES string of the molecule is CCNC(CCc1cnn(C)c1)C1Cc2ccccc2O1. The summed E-state index contributed by atoms with van der Waals surface area (Å²) in [6.07, 6.45) is 7.38. The van der Waals surface area contributed by atoms with E-state index in [0.29, 0.717) is 6.04 Å². The minimum atomic E-state index is 0.235. The van der Waals surface area contributed by atoms with Crippen LogP contribution in [0.4, 0.5) is 0 Å². The molecular weight excluding hydrogens is 262 g/mol. The quantitative estimate of drug-likeness (QED) is 0.885. The topological polar surface area (TPSA) is 39.1 Å². The number of hydrogen-bond donors (Lipinski definition) is 1. The maximum atomic E-state index is 6.13. The lowest BCUT2D eigenvalue weighted by Crippen LogP contribution is -2.42. The van der Waals surface area contributed by atoms with E-state index in [1.165, 1.54) is 11.1 Å². The third-order valence-electron chi connectivity index (χ3n) is 4.09. The van der Waals surface area contributed by atoms with Crippen LogP contribution in [0.3, 0.4) is 0 Å². The Morgan fingerprint density at radius 1 is 1.43 bits per heavy atom. The fraction of sp³-hybridized carbons (Fsp3) is 0.471. The number of hydrogen-bond acceptors (Lipinski definition) is 3. The van der Waals surface area contributed by atoms with Crippen molar-refractivity contribution in [1.29, 1.82) is 0 Å². The summed E-state index contributed by atoms with van der Waals surface area (Å²) < 4.78 is 7.99. The van der Waals surface area contributed by atoms with Crippen LogP contribution in [0.2, 0.25) is 0 Å². The van der Waals surface area contributed by atoms with Gasteiger partial charge in [-0.2, -0.15) is 5.10 Å². The van der Waals surface area contributed by atoms with Crippen molar-refractivity contribution < 1.29 is 4.74 Å². The molecule has 21 heavy (non-hydrogen) atoms. The van der Waals surface area contributed by atoms with Crippen LogP contribution in [0.5, 0.6) is 5.75 Å². The van der Waals surface area contributed by atoms with Crippen LogP contribution >= 0.6 is 0 Å². The molecule has 0 spiro atoms. The lowest BCUT2D eigenvalue weighted by atomic mass is 9.99. The van der Waals surface area contributed by atoms with Crippen LogP contribution in [0.25, 0.3) is 0 Å². The highest BCUT2D eigenvalue weighted by molar-refractivity contribution is 5.37. The van der Waals surface area contributed by atoms with Crippen LogP contribution in [0.15, 0.2) is 36.7 Å². The summed E-state index contributed by atoms with van der Waals surface area (Å²) in [5, 5.41) is 7.82. The van der Waals surface area contributed by atoms with Crippen molar-refractivity contribution in [3.8, 4) is 5.75 Å². The molecule has 0 fully saturated rings. The highest BCUT2D eigenvalue weighted by Gasteiger charge is 2.29. The standard InChI is InChI=1S/C17H23N3O/c1-3-18-15(9-8-13-11-19-20(2)12-13)17-10-14-6-4-5-7-16(14)21-17/h4-7,11-12,15,17-18H,3,8-10H2,1-2H3. The van der Waals surface area contributed by atoms with E-state index in [4.69, 9.17) is 4.74 Å². The summed E-state index contributed by atoms with van der Waals surface area (Å²) in [7, 11) is 1.96. The molecule has 2 aromatic rings. The third kappa shape index (κ3) is 3.27. The minimum absolute atomic E-state index is 0.235. The largest absolute Gasteiger partial charge is 0.488 e. The van der Waals surface area contributed by atoms with E-state index in [9.17, 15) is 0 Å². The molecule has 4 nitrogen and oxygen atoms in total. The molecular formula is C17H23N3O. The average Bonchev–Trinajstić information content (AvgIpc) is 3.09. The molecule has 2 atom stereocenters. The summed E-state index contributed by atoms with van der Waals surface area (Å²) in [6.45, 7) is 3.12. The van der Waals surface area contributed by atoms with Gasteiger partial charge in [0.25, 0.3) is 0 Å². The van der Waals surface area contributed by atoms with Crippen molar-refractivity contribution in [2.75, 3.05) is 6.54 Å². The number of aromatic nitrogens is 2. The van der Waals surface area contributed by atoms with E-state index >= 15 is 0 Å². The molecule has 2 unspecified atom stereocenters. The monoisotopic (exact) mass is 285 g/mol. The van der Waals surface area contributed by atoms with Crippen LogP contribution in [0.1, 0.15) is 24.5 Å². The van der Waals surface area contributed by atoms with Crippen LogP contribution in [-0.4, -0.2) is 28.5 Å². The molecule has 112 valence electrons. The van der Waals surface area contributed by atoms with Gasteiger partial charge < -0.3 is 10.1 Å². The molecule has 2 heterocycles. The second-order valence-electron chi connectivity index (χ2n) is 5.69. The predicted molar refractivity (Wildman–Crippen MR) is 83.6 cm³/mol. The molecule has 1 aromatic carbocycles. The number of rotatable bonds is 6. The molecule has 1 aliphatic heterocycles. The van der Waals surface area contributed by atoms with Crippen LogP contribution in [-0.2, 0) is 19.9 Å². The van der Waals surface area contributed by atoms with E-state index in [2.05, 4.69) is 41.7 Å². The predicted octanol–water partition coefficient (Wildman–Crippen LogP) is 2.33. The van der Waals surface area contributed by atoms with E-state index in [-0.39, 0.29) is 6.10 Å². The van der Waals surface area contributed by atoms with Crippen molar-refractivity contribution >= 4 is 0 Å². The first-order chi connectivity index (χ1) is 10.3. The summed E-state index contributed by atoms with van der Waals surface area (Å²) in [5.41, 5.74) is 2.61. The number of nitrogens with zero attached hydrogens (tertiary/aromatic N) is 2. The smallest absolute Gasteiger partial charge is 0.123 e. The molecule has 1 N–H and O–H groups in total. The van der Waals surface area contributed by atoms with Crippen LogP contribution in [0, 0.1) is 0 Å². The molecule has 0 saturated heterocycles. The summed E-state index contributed by atoms with van der Waals surface area (Å²) >= 11 is 0. The molecule has 1 aromatic heterocycles. The molecule has 0 aliphatic carbocycles. The normalized spacial score (nSPS) is 18.3. The van der Waals surface area contributed by atoms with Gasteiger partial charge in [-0.15, -0.1) is 0 Å². The first kappa shape index (κ1) is 14.1. The number of likely N-dealkylation sites (N-methyl/N-ethyl adjacent to an activating group) is 1. The maximum Gasteiger partial charge on any atom is 0.123 e. The lowest BCUT2D eigenvalue weighted by molar-refractivity contribution is 0.173. The van der Waals surface area contributed by atoms with Gasteiger partial charge in [0.1, 0.15) is 11.9 Å². The molecule has 0 radical (unpaired) electrons. The lowest BCUT2D eigenvalue weighted by Gasteiger charge is -2.24. The summed E-state index contributed by atoms with van der Waals surface area (Å²) in [6, 6.07) is 8.74. The summed E-state index contributed by atoms with van der Waals surface area (Å²) in [4.78, 5) is 0. The fourth-order valence-electron chi connectivity index (χ4n) is 3.04. The van der Waals surface area contributed by atoms with Crippen molar-refractivity contribution in [3.63, 3.8) is 0 Å². The van der Waals surface area contributed by atoms with Gasteiger partial charge in [-0.05, 0) is 36.6 Å². The van der Waals surface area contributed by atoms with Crippen molar-refractivity contribution in [2.24, 2.45) is 7.05 Å². The van der Waals surface area contributed by atoms with Gasteiger partial charge >= 0.3 is 0 Å². The van der Waals surface area contributed by atoms with Crippen LogP contribution < -0.4 is 10.1 Å². The molecule has 0 saturated carbocycles. The zero-order chi connectivity index (χ0) is 14.7. The van der Waals surface area contributed by atoms with Gasteiger partial charge in [0.15, 0.2) is 0 Å². The van der Waals surface area contributed by atoms with E-state index in [1.807, 2.05) is 24.0 Å². The first-order valence-corrected chi connectivity index (χ1v) is 7.71. The van der Waals surface area contributed by atoms with Crippen molar-refractivity contribution in [2.45, 2.75) is 38.3 Å². The average molecular weight is 285 g/mol. The Hall–Kier alpha value is -1.81. The van der Waals surface area contributed by atoms with Crippen molar-refractivity contribution in [3.05, 3.63) is 47.8 Å². The minimum Gasteiger partial charge on any atom is -0.488 e.